The van der Waals surface area contributed by atoms with E-state index in [1.54, 1.807) is 0 Å². The van der Waals surface area contributed by atoms with Gasteiger partial charge < -0.3 is 9.47 Å². The summed E-state index contributed by atoms with van der Waals surface area (Å²) < 4.78 is 12.2. The van der Waals surface area contributed by atoms with E-state index < -0.39 is 0 Å². The molecule has 2 unspecified atom stereocenters. The minimum Gasteiger partial charge on any atom is -0.489 e. The van der Waals surface area contributed by atoms with Crippen LogP contribution in [0.4, 0.5) is 22.7 Å². The number of rotatable bonds is 19. The van der Waals surface area contributed by atoms with Crippen molar-refractivity contribution in [2.24, 2.45) is 20.5 Å². The molecule has 6 aromatic carbocycles. The number of benzene rings is 6. The van der Waals surface area contributed by atoms with Crippen LogP contribution in [0.1, 0.15) is 153 Å². The normalized spacial score (nSPS) is 18.5. The van der Waals surface area contributed by atoms with Crippen LogP contribution in [-0.4, -0.2) is 32.3 Å². The third kappa shape index (κ3) is 13.9. The number of azo groups is 2. The predicted molar refractivity (Wildman–Crippen MR) is 290 cm³/mol. The van der Waals surface area contributed by atoms with Crippen molar-refractivity contribution in [3.8, 4) is 11.5 Å². The highest BCUT2D eigenvalue weighted by molar-refractivity contribution is 5.45. The molecule has 0 N–H and O–H groups in total. The predicted octanol–water partition coefficient (Wildman–Crippen LogP) is 17.5. The lowest BCUT2D eigenvalue weighted by Crippen LogP contribution is -2.58. The third-order valence-corrected chi connectivity index (χ3v) is 14.4. The molecule has 10 nitrogen and oxygen atoms in total. The van der Waals surface area contributed by atoms with Crippen LogP contribution in [0.25, 0.3) is 0 Å². The minimum atomic E-state index is -0.0416. The van der Waals surface area contributed by atoms with E-state index in [-0.39, 0.29) is 34.4 Å². The Hall–Kier alpha value is -6.04. The molecular weight excluding hydrogens is 893 g/mol. The number of nitrogens with zero attached hydrogens (tertiary/aromatic N) is 6. The molecule has 6 aromatic rings. The highest BCUT2D eigenvalue weighted by atomic mass is 16.7. The molecule has 0 aliphatic carbocycles. The van der Waals surface area contributed by atoms with E-state index in [1.165, 1.54) is 24.0 Å². The zero-order valence-corrected chi connectivity index (χ0v) is 44.4. The molecular formula is C62H76N6O4. The summed E-state index contributed by atoms with van der Waals surface area (Å²) in [6.07, 6.45) is 8.73. The van der Waals surface area contributed by atoms with Crippen LogP contribution in [0.15, 0.2) is 166 Å². The molecule has 2 heterocycles. The van der Waals surface area contributed by atoms with Gasteiger partial charge >= 0.3 is 0 Å². The van der Waals surface area contributed by atoms with Crippen LogP contribution in [0, 0.1) is 0 Å². The van der Waals surface area contributed by atoms with Gasteiger partial charge in [-0.15, -0.1) is 0 Å². The lowest BCUT2D eigenvalue weighted by atomic mass is 9.82. The highest BCUT2D eigenvalue weighted by Gasteiger charge is 2.44. The second kappa shape index (κ2) is 22.8. The van der Waals surface area contributed by atoms with Crippen molar-refractivity contribution >= 4 is 22.7 Å². The summed E-state index contributed by atoms with van der Waals surface area (Å²) >= 11 is 0. The molecule has 72 heavy (non-hydrogen) atoms. The number of ether oxygens (including phenoxy) is 2. The first-order valence-corrected chi connectivity index (χ1v) is 26.0. The molecule has 378 valence electrons. The number of hydrogen-bond acceptors (Lipinski definition) is 10. The van der Waals surface area contributed by atoms with E-state index in [0.29, 0.717) is 13.2 Å². The van der Waals surface area contributed by atoms with Gasteiger partial charge in [0.15, 0.2) is 0 Å². The van der Waals surface area contributed by atoms with Gasteiger partial charge in [0.2, 0.25) is 0 Å². The number of aryl methyl sites for hydroxylation is 2. The first-order valence-electron chi connectivity index (χ1n) is 26.0. The van der Waals surface area contributed by atoms with Gasteiger partial charge in [-0.3, -0.25) is 9.68 Å². The minimum absolute atomic E-state index is 0.00504. The molecule has 2 saturated heterocycles. The number of hydroxylamine groups is 4. The molecule has 0 saturated carbocycles. The summed E-state index contributed by atoms with van der Waals surface area (Å²) in [5.41, 5.74) is 10.2. The standard InChI is InChI=1S/C62H76N6O4/c1-45(71-67-59(3,4)39-11-40-60(67,5)6)51-23-15-49(16-24-51)43-69-57-35-31-55(32-36-57)65-63-53-27-19-47(20-28-53)13-14-48-21-29-54(30-22-48)64-66-56-33-37-58(38-34-56)70-44-50-17-25-52(26-18-50)46(2)72-68-61(7,8)41-12-42-62(68,9)10/h15-38,45-46H,11-14,39-44H2,1-10H3. The first-order chi connectivity index (χ1) is 34.4. The summed E-state index contributed by atoms with van der Waals surface area (Å²) in [5, 5.41) is 22.3. The van der Waals surface area contributed by atoms with Crippen molar-refractivity contribution in [1.29, 1.82) is 0 Å². The SMILES string of the molecule is CC(ON1C(C)(C)CCCC1(C)C)c1ccc(COc2ccc(N=Nc3ccc(CCc4ccc(N=Nc5ccc(OCc6ccc(C(C)ON7C(C)(C)CCCC7(C)C)cc6)cc5)cc4)cc3)cc2)cc1. The summed E-state index contributed by atoms with van der Waals surface area (Å²) in [6, 6.07) is 49.0. The summed E-state index contributed by atoms with van der Waals surface area (Å²) in [4.78, 5) is 13.2. The van der Waals surface area contributed by atoms with E-state index in [0.717, 1.165) is 95.0 Å². The molecule has 0 amide bonds. The Balaban J connectivity index is 0.727. The van der Waals surface area contributed by atoms with Gasteiger partial charge in [0.25, 0.3) is 0 Å². The lowest BCUT2D eigenvalue weighted by molar-refractivity contribution is -0.304. The first kappa shape index (κ1) is 52.3. The van der Waals surface area contributed by atoms with Gasteiger partial charge in [0.1, 0.15) is 36.9 Å². The zero-order chi connectivity index (χ0) is 50.9. The molecule has 2 aliphatic heterocycles. The Morgan fingerprint density at radius 2 is 0.639 bits per heavy atom. The number of hydrogen-bond donors (Lipinski definition) is 0. The Morgan fingerprint density at radius 3 is 0.931 bits per heavy atom. The van der Waals surface area contributed by atoms with Crippen molar-refractivity contribution in [2.75, 3.05) is 0 Å². The van der Waals surface area contributed by atoms with Crippen molar-refractivity contribution in [3.05, 3.63) is 179 Å². The van der Waals surface area contributed by atoms with Crippen LogP contribution in [0.5, 0.6) is 11.5 Å². The summed E-state index contributed by atoms with van der Waals surface area (Å²) in [5.74, 6) is 1.57. The topological polar surface area (TPSA) is 92.8 Å². The second-order valence-corrected chi connectivity index (χ2v) is 22.3. The third-order valence-electron chi connectivity index (χ3n) is 14.4. The summed E-state index contributed by atoms with van der Waals surface area (Å²) in [6.45, 7) is 23.5. The van der Waals surface area contributed by atoms with Crippen LogP contribution >= 0.6 is 0 Å². The molecule has 0 radical (unpaired) electrons. The lowest BCUT2D eigenvalue weighted by Gasteiger charge is -2.52. The zero-order valence-electron chi connectivity index (χ0n) is 44.4. The van der Waals surface area contributed by atoms with Crippen molar-refractivity contribution < 1.29 is 19.1 Å². The van der Waals surface area contributed by atoms with Gasteiger partial charge in [-0.05, 0) is 227 Å². The van der Waals surface area contributed by atoms with E-state index >= 15 is 0 Å². The van der Waals surface area contributed by atoms with Crippen molar-refractivity contribution in [3.63, 3.8) is 0 Å². The van der Waals surface area contributed by atoms with Gasteiger partial charge in [0, 0.05) is 22.2 Å². The Labute approximate surface area is 429 Å². The fourth-order valence-electron chi connectivity index (χ4n) is 10.3. The van der Waals surface area contributed by atoms with Crippen LogP contribution in [-0.2, 0) is 35.7 Å². The fraction of sp³-hybridized carbons (Fsp3) is 0.419. The smallest absolute Gasteiger partial charge is 0.119 e. The van der Waals surface area contributed by atoms with E-state index in [1.807, 2.05) is 72.8 Å². The fourth-order valence-corrected chi connectivity index (χ4v) is 10.3. The van der Waals surface area contributed by atoms with E-state index in [9.17, 15) is 0 Å². The van der Waals surface area contributed by atoms with E-state index in [4.69, 9.17) is 19.1 Å². The van der Waals surface area contributed by atoms with Crippen LogP contribution < -0.4 is 9.47 Å². The Bertz CT molecular complexity index is 2490. The van der Waals surface area contributed by atoms with Crippen LogP contribution in [0.2, 0.25) is 0 Å². The average Bonchev–Trinajstić information content (AvgIpc) is 3.36. The molecule has 0 bridgehead atoms. The Kier molecular flexibility index (Phi) is 16.6. The van der Waals surface area contributed by atoms with E-state index in [2.05, 4.69) is 173 Å². The maximum atomic E-state index is 6.59. The quantitative estimate of drug-likeness (QED) is 0.0751. The largest absolute Gasteiger partial charge is 0.489 e. The Morgan fingerprint density at radius 1 is 0.375 bits per heavy atom. The monoisotopic (exact) mass is 969 g/mol. The molecule has 2 aliphatic rings. The molecule has 2 atom stereocenters. The molecule has 8 rings (SSSR count). The maximum Gasteiger partial charge on any atom is 0.119 e. The van der Waals surface area contributed by atoms with Crippen molar-refractivity contribution in [2.45, 2.75) is 168 Å². The maximum absolute atomic E-state index is 6.59. The van der Waals surface area contributed by atoms with Crippen molar-refractivity contribution in [1.82, 2.24) is 10.1 Å². The number of piperidine rings is 2. The van der Waals surface area contributed by atoms with Crippen LogP contribution in [0.3, 0.4) is 0 Å². The van der Waals surface area contributed by atoms with Gasteiger partial charge in [-0.25, -0.2) is 0 Å². The average molecular weight is 969 g/mol. The second-order valence-electron chi connectivity index (χ2n) is 22.3. The van der Waals surface area contributed by atoms with Gasteiger partial charge in [-0.1, -0.05) is 72.8 Å². The molecule has 10 heteroatoms. The summed E-state index contributed by atoms with van der Waals surface area (Å²) in [7, 11) is 0. The highest BCUT2D eigenvalue weighted by Crippen LogP contribution is 2.42. The van der Waals surface area contributed by atoms with Gasteiger partial charge in [0.05, 0.1) is 22.7 Å². The molecule has 0 aromatic heterocycles. The molecule has 0 spiro atoms. The molecule has 2 fully saturated rings. The van der Waals surface area contributed by atoms with Gasteiger partial charge in [-0.2, -0.15) is 30.6 Å².